The fourth-order valence-corrected chi connectivity index (χ4v) is 3.91. The van der Waals surface area contributed by atoms with Gasteiger partial charge in [-0.2, -0.15) is 17.5 Å². The predicted octanol–water partition coefficient (Wildman–Crippen LogP) is 3.28. The van der Waals surface area contributed by atoms with Crippen LogP contribution in [0.4, 0.5) is 13.2 Å². The van der Waals surface area contributed by atoms with E-state index in [1.165, 1.54) is 6.92 Å². The number of hydrogen-bond acceptors (Lipinski definition) is 3. The molecule has 10 heteroatoms. The van der Waals surface area contributed by atoms with Crippen molar-refractivity contribution in [2.24, 2.45) is 0 Å². The van der Waals surface area contributed by atoms with E-state index < -0.39 is 44.6 Å². The van der Waals surface area contributed by atoms with Crippen molar-refractivity contribution in [3.8, 4) is 0 Å². The average Bonchev–Trinajstić information content (AvgIpc) is 2.41. The maximum Gasteiger partial charge on any atom is 0.416 e. The Bertz CT molecular complexity index is 743. The molecule has 1 aromatic carbocycles. The van der Waals surface area contributed by atoms with Crippen molar-refractivity contribution in [2.45, 2.75) is 44.3 Å². The van der Waals surface area contributed by atoms with Gasteiger partial charge in [-0.05, 0) is 39.0 Å². The summed E-state index contributed by atoms with van der Waals surface area (Å²) in [5.41, 5.74) is -1.71. The summed E-state index contributed by atoms with van der Waals surface area (Å²) >= 11 is 5.80. The molecule has 0 saturated carbocycles. The van der Waals surface area contributed by atoms with Crippen LogP contribution in [0, 0.1) is 0 Å². The van der Waals surface area contributed by atoms with E-state index in [-0.39, 0.29) is 11.6 Å². The highest BCUT2D eigenvalue weighted by Gasteiger charge is 2.34. The Balaban J connectivity index is 3.23. The number of amides is 1. The Labute approximate surface area is 150 Å². The lowest BCUT2D eigenvalue weighted by Crippen LogP contribution is -2.47. The van der Waals surface area contributed by atoms with Crippen LogP contribution in [0.25, 0.3) is 0 Å². The fourth-order valence-electron chi connectivity index (χ4n) is 2.00. The van der Waals surface area contributed by atoms with Crippen LogP contribution in [0.3, 0.4) is 0 Å². The summed E-state index contributed by atoms with van der Waals surface area (Å²) in [4.78, 5) is 11.3. The topological polar surface area (TPSA) is 66.5 Å². The van der Waals surface area contributed by atoms with Gasteiger partial charge in [-0.3, -0.25) is 4.79 Å². The normalized spacial score (nSPS) is 13.2. The van der Waals surface area contributed by atoms with Crippen molar-refractivity contribution in [3.63, 3.8) is 0 Å². The number of carbonyl (C=O) groups excluding carboxylic acids is 1. The molecule has 0 atom stereocenters. The van der Waals surface area contributed by atoms with E-state index in [1.54, 1.807) is 20.8 Å². The monoisotopic (exact) mass is 400 g/mol. The number of sulfonamides is 1. The van der Waals surface area contributed by atoms with E-state index >= 15 is 0 Å². The summed E-state index contributed by atoms with van der Waals surface area (Å²) in [6.45, 7) is 6.01. The molecule has 0 aromatic heterocycles. The first-order chi connectivity index (χ1) is 11.2. The Hall–Kier alpha value is -1.32. The first kappa shape index (κ1) is 21.7. The molecule has 0 saturated heterocycles. The van der Waals surface area contributed by atoms with Crippen LogP contribution in [0.2, 0.25) is 5.02 Å². The zero-order valence-electron chi connectivity index (χ0n) is 14.2. The second-order valence-corrected chi connectivity index (χ2v) is 8.69. The van der Waals surface area contributed by atoms with Crippen LogP contribution in [0.5, 0.6) is 0 Å². The second-order valence-electron chi connectivity index (χ2n) is 6.37. The van der Waals surface area contributed by atoms with Gasteiger partial charge in [0.05, 0.1) is 17.1 Å². The Morgan fingerprint density at radius 3 is 2.24 bits per heavy atom. The third kappa shape index (κ3) is 5.86. The minimum absolute atomic E-state index is 0.105. The Morgan fingerprint density at radius 2 is 1.80 bits per heavy atom. The largest absolute Gasteiger partial charge is 0.416 e. The molecule has 0 heterocycles. The van der Waals surface area contributed by atoms with E-state index in [1.807, 2.05) is 0 Å². The Kier molecular flexibility index (Phi) is 6.52. The van der Waals surface area contributed by atoms with Crippen molar-refractivity contribution >= 4 is 27.5 Å². The summed E-state index contributed by atoms with van der Waals surface area (Å²) in [7, 11) is -4.37. The van der Waals surface area contributed by atoms with E-state index in [2.05, 4.69) is 5.32 Å². The summed E-state index contributed by atoms with van der Waals surface area (Å²) in [6, 6.07) is 2.05. The molecule has 0 fully saturated rings. The quantitative estimate of drug-likeness (QED) is 0.824. The van der Waals surface area contributed by atoms with Gasteiger partial charge in [-0.15, -0.1) is 0 Å². The van der Waals surface area contributed by atoms with Crippen LogP contribution in [-0.4, -0.2) is 37.3 Å². The predicted molar refractivity (Wildman–Crippen MR) is 88.8 cm³/mol. The zero-order valence-corrected chi connectivity index (χ0v) is 15.8. The highest BCUT2D eigenvalue weighted by Crippen LogP contribution is 2.34. The lowest BCUT2D eigenvalue weighted by atomic mass is 10.1. The smallest absolute Gasteiger partial charge is 0.350 e. The lowest BCUT2D eigenvalue weighted by molar-refractivity contribution is -0.137. The molecule has 0 spiro atoms. The van der Waals surface area contributed by atoms with E-state index in [4.69, 9.17) is 11.6 Å². The molecule has 142 valence electrons. The van der Waals surface area contributed by atoms with Gasteiger partial charge in [0, 0.05) is 12.1 Å². The molecule has 1 amide bonds. The molecule has 5 nitrogen and oxygen atoms in total. The summed E-state index contributed by atoms with van der Waals surface area (Å²) in [6.07, 6.45) is -4.71. The summed E-state index contributed by atoms with van der Waals surface area (Å²) in [5, 5.41) is 2.25. The molecule has 0 unspecified atom stereocenters. The fraction of sp³-hybridized carbons (Fsp3) is 0.533. The number of hydrogen-bond donors (Lipinski definition) is 1. The minimum atomic E-state index is -4.71. The highest BCUT2D eigenvalue weighted by atomic mass is 35.5. The number of halogens is 4. The first-order valence-corrected chi connectivity index (χ1v) is 9.18. The Morgan fingerprint density at radius 1 is 1.24 bits per heavy atom. The lowest BCUT2D eigenvalue weighted by Gasteiger charge is -2.25. The van der Waals surface area contributed by atoms with Gasteiger partial charge in [0.1, 0.15) is 4.90 Å². The van der Waals surface area contributed by atoms with Crippen molar-refractivity contribution in [1.82, 2.24) is 9.62 Å². The van der Waals surface area contributed by atoms with Gasteiger partial charge in [0.2, 0.25) is 15.9 Å². The molecular formula is C15H20ClF3N2O3S. The van der Waals surface area contributed by atoms with Crippen LogP contribution in [-0.2, 0) is 21.0 Å². The molecule has 1 rings (SSSR count). The van der Waals surface area contributed by atoms with Crippen LogP contribution in [0.15, 0.2) is 23.1 Å². The molecule has 0 aliphatic rings. The van der Waals surface area contributed by atoms with Crippen LogP contribution < -0.4 is 5.32 Å². The van der Waals surface area contributed by atoms with Crippen molar-refractivity contribution < 1.29 is 26.4 Å². The van der Waals surface area contributed by atoms with Gasteiger partial charge >= 0.3 is 6.18 Å². The third-order valence-electron chi connectivity index (χ3n) is 3.06. The second kappa shape index (κ2) is 7.51. The maximum absolute atomic E-state index is 12.9. The number of nitrogens with zero attached hydrogens (tertiary/aromatic N) is 1. The van der Waals surface area contributed by atoms with Crippen molar-refractivity contribution in [3.05, 3.63) is 28.8 Å². The van der Waals surface area contributed by atoms with Crippen molar-refractivity contribution in [1.29, 1.82) is 0 Å². The van der Waals surface area contributed by atoms with Gasteiger partial charge < -0.3 is 5.32 Å². The van der Waals surface area contributed by atoms with E-state index in [0.29, 0.717) is 12.1 Å². The van der Waals surface area contributed by atoms with Crippen LogP contribution in [0.1, 0.15) is 33.3 Å². The number of likely N-dealkylation sites (N-methyl/N-ethyl adjacent to an activating group) is 1. The molecule has 0 aliphatic heterocycles. The van der Waals surface area contributed by atoms with E-state index in [0.717, 1.165) is 10.4 Å². The standard InChI is InChI=1S/C15H20ClF3N2O3S/c1-5-21(9-13(22)20-14(2,3)4)25(23,24)12-8-10(15(17,18)19)6-7-11(12)16/h6-8H,5,9H2,1-4H3,(H,20,22). The molecule has 0 aliphatic carbocycles. The number of rotatable bonds is 5. The van der Waals surface area contributed by atoms with Gasteiger partial charge in [-0.1, -0.05) is 18.5 Å². The SMILES string of the molecule is CCN(CC(=O)NC(C)(C)C)S(=O)(=O)c1cc(C(F)(F)F)ccc1Cl. The molecule has 1 aromatic rings. The van der Waals surface area contributed by atoms with Gasteiger partial charge in [0.25, 0.3) is 0 Å². The average molecular weight is 401 g/mol. The number of nitrogens with one attached hydrogen (secondary N) is 1. The molecule has 0 radical (unpaired) electrons. The highest BCUT2D eigenvalue weighted by molar-refractivity contribution is 7.89. The molecule has 0 bridgehead atoms. The summed E-state index contributed by atoms with van der Waals surface area (Å²) < 4.78 is 64.6. The van der Waals surface area contributed by atoms with Gasteiger partial charge in [-0.25, -0.2) is 8.42 Å². The third-order valence-corrected chi connectivity index (χ3v) is 5.47. The first-order valence-electron chi connectivity index (χ1n) is 7.36. The number of alkyl halides is 3. The van der Waals surface area contributed by atoms with Crippen molar-refractivity contribution in [2.75, 3.05) is 13.1 Å². The zero-order chi connectivity index (χ0) is 19.6. The molecule has 1 N–H and O–H groups in total. The maximum atomic E-state index is 12.9. The summed E-state index contributed by atoms with van der Waals surface area (Å²) in [5.74, 6) is -0.568. The number of benzene rings is 1. The van der Waals surface area contributed by atoms with E-state index in [9.17, 15) is 26.4 Å². The minimum Gasteiger partial charge on any atom is -0.350 e. The number of carbonyl (C=O) groups is 1. The van der Waals surface area contributed by atoms with Gasteiger partial charge in [0.15, 0.2) is 0 Å². The van der Waals surface area contributed by atoms with Crippen LogP contribution >= 0.6 is 11.6 Å². The molecule has 25 heavy (non-hydrogen) atoms. The molecular weight excluding hydrogens is 381 g/mol.